The Balaban J connectivity index is 1.56. The molecule has 3 aliphatic rings. The summed E-state index contributed by atoms with van der Waals surface area (Å²) in [6, 6.07) is 14.8. The van der Waals surface area contributed by atoms with Gasteiger partial charge in [-0.05, 0) is 60.2 Å². The Labute approximate surface area is 178 Å². The van der Waals surface area contributed by atoms with Crippen molar-refractivity contribution < 1.29 is 14.6 Å². The van der Waals surface area contributed by atoms with Crippen LogP contribution in [0, 0.1) is 11.8 Å². The summed E-state index contributed by atoms with van der Waals surface area (Å²) in [5.74, 6) is 1.62. The van der Waals surface area contributed by atoms with Crippen LogP contribution in [0.15, 0.2) is 42.5 Å². The number of aliphatic hydroxyl groups is 1. The van der Waals surface area contributed by atoms with Gasteiger partial charge in [-0.3, -0.25) is 4.79 Å². The standard InChI is InChI=1S/C25H30N2O3/c1-26-22-11-8-18(16-6-9-19(30-2)10-7-16)14-21(22)24-20(23(26)15-28)12-13-27(24)25(29)17-4-3-5-17/h6-11,14,17,20,23-24,28H,3-5,12-13,15H2,1-2H3/t20-,23+,24-/m1/s1. The van der Waals surface area contributed by atoms with Gasteiger partial charge in [0.2, 0.25) is 5.91 Å². The van der Waals surface area contributed by atoms with Gasteiger partial charge in [-0.15, -0.1) is 0 Å². The zero-order valence-electron chi connectivity index (χ0n) is 17.8. The molecule has 5 rings (SSSR count). The average Bonchev–Trinajstić information content (AvgIpc) is 3.18. The Hall–Kier alpha value is -2.53. The Kier molecular flexibility index (Phi) is 4.94. The number of methoxy groups -OCH3 is 1. The van der Waals surface area contributed by atoms with Crippen LogP contribution < -0.4 is 9.64 Å². The SMILES string of the molecule is COc1ccc(-c2ccc3c(c2)[C@H]2[C@H](CCN2C(=O)C2CCC2)[C@H](CO)N3C)cc1. The zero-order chi connectivity index (χ0) is 20.8. The van der Waals surface area contributed by atoms with Crippen molar-refractivity contribution in [2.75, 3.05) is 32.2 Å². The van der Waals surface area contributed by atoms with E-state index < -0.39 is 0 Å². The second kappa shape index (κ2) is 7.62. The molecule has 0 radical (unpaired) electrons. The van der Waals surface area contributed by atoms with E-state index in [0.717, 1.165) is 48.4 Å². The number of amides is 1. The van der Waals surface area contributed by atoms with Crippen LogP contribution in [0.25, 0.3) is 11.1 Å². The van der Waals surface area contributed by atoms with Gasteiger partial charge in [0.1, 0.15) is 5.75 Å². The van der Waals surface area contributed by atoms with Crippen molar-refractivity contribution in [2.24, 2.45) is 11.8 Å². The van der Waals surface area contributed by atoms with Crippen LogP contribution in [0.1, 0.15) is 37.3 Å². The van der Waals surface area contributed by atoms with Crippen molar-refractivity contribution in [1.82, 2.24) is 4.90 Å². The minimum Gasteiger partial charge on any atom is -0.497 e. The number of aliphatic hydroxyl groups excluding tert-OH is 1. The highest BCUT2D eigenvalue weighted by Crippen LogP contribution is 2.50. The highest BCUT2D eigenvalue weighted by Gasteiger charge is 2.48. The lowest BCUT2D eigenvalue weighted by molar-refractivity contribution is -0.139. The fourth-order valence-electron chi connectivity index (χ4n) is 5.55. The summed E-state index contributed by atoms with van der Waals surface area (Å²) >= 11 is 0. The molecule has 1 N–H and O–H groups in total. The normalized spacial score (nSPS) is 25.5. The summed E-state index contributed by atoms with van der Waals surface area (Å²) in [5.41, 5.74) is 4.62. The Morgan fingerprint density at radius 1 is 1.10 bits per heavy atom. The van der Waals surface area contributed by atoms with Crippen LogP contribution in [0.4, 0.5) is 5.69 Å². The van der Waals surface area contributed by atoms with Crippen LogP contribution in [-0.2, 0) is 4.79 Å². The third-order valence-electron chi connectivity index (χ3n) is 7.51. The maximum absolute atomic E-state index is 13.2. The third kappa shape index (κ3) is 2.99. The number of benzene rings is 2. The maximum Gasteiger partial charge on any atom is 0.226 e. The molecule has 3 atom stereocenters. The van der Waals surface area contributed by atoms with Crippen LogP contribution in [0.3, 0.4) is 0 Å². The molecule has 2 aromatic rings. The molecule has 30 heavy (non-hydrogen) atoms. The Morgan fingerprint density at radius 2 is 1.83 bits per heavy atom. The molecule has 2 aromatic carbocycles. The van der Waals surface area contributed by atoms with Crippen LogP contribution in [-0.4, -0.2) is 49.3 Å². The molecule has 2 fully saturated rings. The molecule has 2 heterocycles. The summed E-state index contributed by atoms with van der Waals surface area (Å²) < 4.78 is 5.30. The largest absolute Gasteiger partial charge is 0.497 e. The van der Waals surface area contributed by atoms with Gasteiger partial charge in [0.15, 0.2) is 0 Å². The van der Waals surface area contributed by atoms with E-state index in [9.17, 15) is 9.90 Å². The van der Waals surface area contributed by atoms with Crippen molar-refractivity contribution in [3.63, 3.8) is 0 Å². The molecule has 1 amide bonds. The fourth-order valence-corrected chi connectivity index (χ4v) is 5.55. The van der Waals surface area contributed by atoms with Gasteiger partial charge in [0.25, 0.3) is 0 Å². The number of anilines is 1. The van der Waals surface area contributed by atoms with E-state index in [2.05, 4.69) is 47.2 Å². The van der Waals surface area contributed by atoms with E-state index in [1.807, 2.05) is 12.1 Å². The Morgan fingerprint density at radius 3 is 2.47 bits per heavy atom. The van der Waals surface area contributed by atoms with Gasteiger partial charge in [0, 0.05) is 31.1 Å². The number of likely N-dealkylation sites (N-methyl/N-ethyl adjacent to an activating group) is 1. The number of carbonyl (C=O) groups is 1. The second-order valence-corrected chi connectivity index (χ2v) is 8.92. The van der Waals surface area contributed by atoms with Crippen molar-refractivity contribution in [3.8, 4) is 16.9 Å². The number of nitrogens with zero attached hydrogens (tertiary/aromatic N) is 2. The van der Waals surface area contributed by atoms with Gasteiger partial charge >= 0.3 is 0 Å². The summed E-state index contributed by atoms with van der Waals surface area (Å²) in [7, 11) is 3.74. The number of rotatable bonds is 4. The van der Waals surface area contributed by atoms with E-state index >= 15 is 0 Å². The highest BCUT2D eigenvalue weighted by molar-refractivity contribution is 5.81. The summed E-state index contributed by atoms with van der Waals surface area (Å²) in [6.45, 7) is 0.907. The summed E-state index contributed by atoms with van der Waals surface area (Å²) in [5, 5.41) is 10.2. The van der Waals surface area contributed by atoms with Gasteiger partial charge in [-0.1, -0.05) is 24.6 Å². The summed E-state index contributed by atoms with van der Waals surface area (Å²) in [6.07, 6.45) is 4.16. The highest BCUT2D eigenvalue weighted by atomic mass is 16.5. The molecule has 0 bridgehead atoms. The lowest BCUT2D eigenvalue weighted by Gasteiger charge is -2.45. The summed E-state index contributed by atoms with van der Waals surface area (Å²) in [4.78, 5) is 17.6. The predicted octanol–water partition coefficient (Wildman–Crippen LogP) is 3.86. The quantitative estimate of drug-likeness (QED) is 0.838. The van der Waals surface area contributed by atoms with Crippen molar-refractivity contribution in [2.45, 2.75) is 37.8 Å². The smallest absolute Gasteiger partial charge is 0.226 e. The van der Waals surface area contributed by atoms with E-state index in [-0.39, 0.29) is 30.5 Å². The lowest BCUT2D eigenvalue weighted by atomic mass is 9.80. The number of carbonyl (C=O) groups excluding carboxylic acids is 1. The number of likely N-dealkylation sites (tertiary alicyclic amines) is 1. The second-order valence-electron chi connectivity index (χ2n) is 8.92. The molecule has 2 aliphatic heterocycles. The van der Waals surface area contributed by atoms with Crippen molar-refractivity contribution in [1.29, 1.82) is 0 Å². The number of fused-ring (bicyclic) bond motifs is 3. The van der Waals surface area contributed by atoms with Crippen molar-refractivity contribution >= 4 is 11.6 Å². The first-order chi connectivity index (χ1) is 14.6. The molecule has 1 saturated heterocycles. The molecule has 0 spiro atoms. The first kappa shape index (κ1) is 19.4. The molecular formula is C25H30N2O3. The lowest BCUT2D eigenvalue weighted by Crippen LogP contribution is -2.49. The minimum atomic E-state index is 0.0496. The fraction of sp³-hybridized carbons (Fsp3) is 0.480. The van der Waals surface area contributed by atoms with E-state index in [4.69, 9.17) is 4.74 Å². The topological polar surface area (TPSA) is 53.0 Å². The Bertz CT molecular complexity index is 938. The molecular weight excluding hydrogens is 376 g/mol. The van der Waals surface area contributed by atoms with Crippen LogP contribution in [0.2, 0.25) is 0 Å². The molecule has 5 nitrogen and oxygen atoms in total. The van der Waals surface area contributed by atoms with E-state index in [1.54, 1.807) is 7.11 Å². The van der Waals surface area contributed by atoms with Gasteiger partial charge < -0.3 is 19.6 Å². The first-order valence-corrected chi connectivity index (χ1v) is 11.0. The third-order valence-corrected chi connectivity index (χ3v) is 7.51. The average molecular weight is 407 g/mol. The van der Waals surface area contributed by atoms with Gasteiger partial charge in [0.05, 0.1) is 25.8 Å². The number of ether oxygens (including phenoxy) is 1. The molecule has 158 valence electrons. The molecule has 5 heteroatoms. The first-order valence-electron chi connectivity index (χ1n) is 11.0. The van der Waals surface area contributed by atoms with Gasteiger partial charge in [-0.2, -0.15) is 0 Å². The van der Waals surface area contributed by atoms with E-state index in [0.29, 0.717) is 5.91 Å². The van der Waals surface area contributed by atoms with Gasteiger partial charge in [-0.25, -0.2) is 0 Å². The number of hydrogen-bond acceptors (Lipinski definition) is 4. The van der Waals surface area contributed by atoms with Crippen molar-refractivity contribution in [3.05, 3.63) is 48.0 Å². The van der Waals surface area contributed by atoms with E-state index in [1.165, 1.54) is 12.0 Å². The molecule has 0 unspecified atom stereocenters. The monoisotopic (exact) mass is 406 g/mol. The predicted molar refractivity (Wildman–Crippen MR) is 118 cm³/mol. The minimum absolute atomic E-state index is 0.0496. The van der Waals surface area contributed by atoms with Crippen LogP contribution in [0.5, 0.6) is 5.75 Å². The molecule has 1 aliphatic carbocycles. The molecule has 0 aromatic heterocycles. The van der Waals surface area contributed by atoms with Crippen LogP contribution >= 0.6 is 0 Å². The number of hydrogen-bond donors (Lipinski definition) is 1. The molecule has 1 saturated carbocycles. The maximum atomic E-state index is 13.2. The zero-order valence-corrected chi connectivity index (χ0v) is 17.8.